The third kappa shape index (κ3) is 3.27. The van der Waals surface area contributed by atoms with E-state index in [1.54, 1.807) is 0 Å². The lowest BCUT2D eigenvalue weighted by Crippen LogP contribution is -2.42. The van der Waals surface area contributed by atoms with Crippen LogP contribution in [0.25, 0.3) is 0 Å². The van der Waals surface area contributed by atoms with Gasteiger partial charge in [-0.05, 0) is 29.4 Å². The smallest absolute Gasteiger partial charge is 0.00443 e. The predicted octanol–water partition coefficient (Wildman–Crippen LogP) is 6.26. The molecule has 0 aliphatic rings. The van der Waals surface area contributed by atoms with Gasteiger partial charge in [-0.15, -0.1) is 0 Å². The molecule has 22 heavy (non-hydrogen) atoms. The molecule has 2 atom stereocenters. The number of hydrogen-bond acceptors (Lipinski definition) is 0. The van der Waals surface area contributed by atoms with E-state index in [0.29, 0.717) is 11.8 Å². The monoisotopic (exact) mass is 294 g/mol. The average molecular weight is 294 g/mol. The summed E-state index contributed by atoms with van der Waals surface area (Å²) in [5.74, 6) is 1.31. The van der Waals surface area contributed by atoms with Gasteiger partial charge in [-0.25, -0.2) is 0 Å². The van der Waals surface area contributed by atoms with Crippen molar-refractivity contribution in [2.75, 3.05) is 0 Å². The summed E-state index contributed by atoms with van der Waals surface area (Å²) in [6, 6.07) is 22.2. The van der Waals surface area contributed by atoms with Crippen LogP contribution in [0.15, 0.2) is 60.7 Å². The Hall–Kier alpha value is -1.56. The Morgan fingerprint density at radius 2 is 1.18 bits per heavy atom. The van der Waals surface area contributed by atoms with Crippen LogP contribution in [0.3, 0.4) is 0 Å². The molecule has 0 aliphatic carbocycles. The third-order valence-corrected chi connectivity index (χ3v) is 5.63. The van der Waals surface area contributed by atoms with Crippen LogP contribution < -0.4 is 0 Å². The molecule has 0 aromatic heterocycles. The first-order valence-corrected chi connectivity index (χ1v) is 8.74. The molecule has 0 saturated heterocycles. The molecule has 2 aromatic carbocycles. The molecule has 0 radical (unpaired) electrons. The summed E-state index contributed by atoms with van der Waals surface area (Å²) in [7, 11) is 0. The molecular formula is C22H30. The van der Waals surface area contributed by atoms with E-state index >= 15 is 0 Å². The van der Waals surface area contributed by atoms with Crippen molar-refractivity contribution in [2.45, 2.75) is 52.4 Å². The van der Waals surface area contributed by atoms with E-state index in [4.69, 9.17) is 0 Å². The average Bonchev–Trinajstić information content (AvgIpc) is 2.60. The van der Waals surface area contributed by atoms with Gasteiger partial charge in [0, 0.05) is 5.41 Å². The van der Waals surface area contributed by atoms with E-state index in [0.717, 1.165) is 6.42 Å². The van der Waals surface area contributed by atoms with Crippen LogP contribution in [0.5, 0.6) is 0 Å². The highest BCUT2D eigenvalue weighted by atomic mass is 14.4. The van der Waals surface area contributed by atoms with Gasteiger partial charge in [0.15, 0.2) is 0 Å². The van der Waals surface area contributed by atoms with Crippen LogP contribution in [-0.2, 0) is 11.8 Å². The summed E-state index contributed by atoms with van der Waals surface area (Å²) in [6.07, 6.45) is 3.56. The fourth-order valence-electron chi connectivity index (χ4n) is 3.92. The number of hydrogen-bond donors (Lipinski definition) is 0. The normalized spacial score (nSPS) is 16.7. The van der Waals surface area contributed by atoms with Gasteiger partial charge in [0.2, 0.25) is 0 Å². The molecule has 0 amide bonds. The van der Waals surface area contributed by atoms with Crippen LogP contribution >= 0.6 is 0 Å². The van der Waals surface area contributed by atoms with Crippen LogP contribution in [0.2, 0.25) is 0 Å². The largest absolute Gasteiger partial charge is 0.0651 e. The van der Waals surface area contributed by atoms with Gasteiger partial charge in [-0.1, -0.05) is 101 Å². The molecule has 2 unspecified atom stereocenters. The summed E-state index contributed by atoms with van der Waals surface area (Å²) in [6.45, 7) is 9.52. The summed E-state index contributed by atoms with van der Waals surface area (Å²) in [4.78, 5) is 0. The summed E-state index contributed by atoms with van der Waals surface area (Å²) >= 11 is 0. The minimum Gasteiger partial charge on any atom is -0.0651 e. The molecule has 0 heterocycles. The number of rotatable bonds is 7. The highest BCUT2D eigenvalue weighted by Gasteiger charge is 2.41. The molecule has 0 nitrogen and oxygen atoms in total. The van der Waals surface area contributed by atoms with Gasteiger partial charge in [0.25, 0.3) is 0 Å². The van der Waals surface area contributed by atoms with Crippen LogP contribution in [0.4, 0.5) is 0 Å². The minimum absolute atomic E-state index is 0.214. The molecule has 0 spiro atoms. The van der Waals surface area contributed by atoms with E-state index in [-0.39, 0.29) is 5.41 Å². The fraction of sp³-hybridized carbons (Fsp3) is 0.455. The lowest BCUT2D eigenvalue weighted by Gasteiger charge is -2.45. The molecule has 0 saturated carbocycles. The van der Waals surface area contributed by atoms with E-state index in [2.05, 4.69) is 88.4 Å². The van der Waals surface area contributed by atoms with Gasteiger partial charge < -0.3 is 0 Å². The van der Waals surface area contributed by atoms with Crippen molar-refractivity contribution in [2.24, 2.45) is 11.8 Å². The predicted molar refractivity (Wildman–Crippen MR) is 97.2 cm³/mol. The fourth-order valence-corrected chi connectivity index (χ4v) is 3.92. The summed E-state index contributed by atoms with van der Waals surface area (Å²) in [5.41, 5.74) is 3.17. The van der Waals surface area contributed by atoms with Gasteiger partial charge in [-0.2, -0.15) is 0 Å². The van der Waals surface area contributed by atoms with Crippen LogP contribution in [-0.4, -0.2) is 0 Å². The first-order chi connectivity index (χ1) is 10.6. The van der Waals surface area contributed by atoms with Crippen LogP contribution in [0.1, 0.15) is 51.7 Å². The molecule has 0 heteroatoms. The minimum atomic E-state index is 0.214. The topological polar surface area (TPSA) is 0 Å². The maximum absolute atomic E-state index is 2.43. The van der Waals surface area contributed by atoms with Crippen molar-refractivity contribution in [3.8, 4) is 0 Å². The van der Waals surface area contributed by atoms with Crippen molar-refractivity contribution < 1.29 is 0 Å². The molecular weight excluding hydrogens is 264 g/mol. The second-order valence-corrected chi connectivity index (χ2v) is 6.69. The Bertz CT molecular complexity index is 531. The molecule has 0 fully saturated rings. The van der Waals surface area contributed by atoms with Gasteiger partial charge in [0.05, 0.1) is 0 Å². The lowest BCUT2D eigenvalue weighted by atomic mass is 9.59. The van der Waals surface area contributed by atoms with Crippen molar-refractivity contribution in [1.82, 2.24) is 0 Å². The molecule has 2 rings (SSSR count). The van der Waals surface area contributed by atoms with E-state index in [9.17, 15) is 0 Å². The Labute approximate surface area is 136 Å². The van der Waals surface area contributed by atoms with Crippen molar-refractivity contribution in [1.29, 1.82) is 0 Å². The third-order valence-electron chi connectivity index (χ3n) is 5.63. The summed E-state index contributed by atoms with van der Waals surface area (Å²) in [5, 5.41) is 0. The molecule has 2 aromatic rings. The SMILES string of the molecule is CCC(C)C(Cc1ccccc1)(c1ccccc1)C(C)CC. The highest BCUT2D eigenvalue weighted by Crippen LogP contribution is 2.45. The first-order valence-electron chi connectivity index (χ1n) is 8.74. The zero-order valence-electron chi connectivity index (χ0n) is 14.5. The van der Waals surface area contributed by atoms with Crippen molar-refractivity contribution in [3.05, 3.63) is 71.8 Å². The highest BCUT2D eigenvalue weighted by molar-refractivity contribution is 5.31. The molecule has 0 N–H and O–H groups in total. The lowest BCUT2D eigenvalue weighted by molar-refractivity contribution is 0.179. The zero-order chi connectivity index (χ0) is 16.0. The molecule has 0 aliphatic heterocycles. The molecule has 118 valence electrons. The van der Waals surface area contributed by atoms with Crippen molar-refractivity contribution in [3.63, 3.8) is 0 Å². The quantitative estimate of drug-likeness (QED) is 0.565. The maximum atomic E-state index is 2.43. The van der Waals surface area contributed by atoms with E-state index in [1.807, 2.05) is 0 Å². The van der Waals surface area contributed by atoms with Gasteiger partial charge in [-0.3, -0.25) is 0 Å². The zero-order valence-corrected chi connectivity index (χ0v) is 14.5. The van der Waals surface area contributed by atoms with Gasteiger partial charge in [0.1, 0.15) is 0 Å². The van der Waals surface area contributed by atoms with Crippen molar-refractivity contribution >= 4 is 0 Å². The molecule has 0 bridgehead atoms. The van der Waals surface area contributed by atoms with Gasteiger partial charge >= 0.3 is 0 Å². The maximum Gasteiger partial charge on any atom is 0.00443 e. The second-order valence-electron chi connectivity index (χ2n) is 6.69. The summed E-state index contributed by atoms with van der Waals surface area (Å²) < 4.78 is 0. The Kier molecular flexibility index (Phi) is 5.83. The Balaban J connectivity index is 2.54. The standard InChI is InChI=1S/C22H30/c1-5-18(3)22(19(4)6-2,21-15-11-8-12-16-21)17-20-13-9-7-10-14-20/h7-16,18-19H,5-6,17H2,1-4H3. The van der Waals surface area contributed by atoms with E-state index < -0.39 is 0 Å². The van der Waals surface area contributed by atoms with Crippen LogP contribution in [0, 0.1) is 11.8 Å². The Morgan fingerprint density at radius 1 is 0.727 bits per heavy atom. The van der Waals surface area contributed by atoms with E-state index in [1.165, 1.54) is 24.0 Å². The second kappa shape index (κ2) is 7.63. The first kappa shape index (κ1) is 16.8. The number of benzene rings is 2. The Morgan fingerprint density at radius 3 is 1.64 bits per heavy atom.